The van der Waals surface area contributed by atoms with Crippen molar-refractivity contribution >= 4 is 33.2 Å². The Morgan fingerprint density at radius 2 is 2.04 bits per heavy atom. The molecule has 0 saturated carbocycles. The van der Waals surface area contributed by atoms with Gasteiger partial charge in [0.25, 0.3) is 0 Å². The van der Waals surface area contributed by atoms with Gasteiger partial charge in [-0.05, 0) is 47.3 Å². The van der Waals surface area contributed by atoms with Crippen molar-refractivity contribution in [3.05, 3.63) is 64.5 Å². The smallest absolute Gasteiger partial charge is 0.337 e. The number of nitrogens with one attached hydrogen (secondary N) is 1. The Labute approximate surface area is 143 Å². The number of nitrogen functional groups attached to an aromatic ring is 1. The van der Waals surface area contributed by atoms with Crippen molar-refractivity contribution in [1.29, 1.82) is 5.41 Å². The molecule has 3 N–H and O–H groups in total. The van der Waals surface area contributed by atoms with Gasteiger partial charge in [0.1, 0.15) is 18.2 Å². The summed E-state index contributed by atoms with van der Waals surface area (Å²) in [7, 11) is 1.36. The van der Waals surface area contributed by atoms with E-state index in [0.29, 0.717) is 12.2 Å². The number of ether oxygens (including phenoxy) is 2. The highest BCUT2D eigenvalue weighted by Gasteiger charge is 2.08. The van der Waals surface area contributed by atoms with Gasteiger partial charge in [-0.25, -0.2) is 4.79 Å². The molecule has 2 aromatic carbocycles. The summed E-state index contributed by atoms with van der Waals surface area (Å²) in [5.41, 5.74) is 6.91. The van der Waals surface area contributed by atoms with E-state index in [1.165, 1.54) is 18.4 Å². The second kappa shape index (κ2) is 6.72. The number of carbonyl (C=O) groups is 1. The summed E-state index contributed by atoms with van der Waals surface area (Å²) in [6.07, 6.45) is 0. The molecule has 0 aliphatic heterocycles. The summed E-state index contributed by atoms with van der Waals surface area (Å²) < 4.78 is 11.5. The third-order valence-electron chi connectivity index (χ3n) is 3.51. The quantitative estimate of drug-likeness (QED) is 0.422. The van der Waals surface area contributed by atoms with Gasteiger partial charge in [-0.2, -0.15) is 0 Å². The molecular formula is C18H16N2O3S. The van der Waals surface area contributed by atoms with Crippen LogP contribution < -0.4 is 10.5 Å². The third-order valence-corrected chi connectivity index (χ3v) is 4.64. The molecule has 0 aliphatic rings. The lowest BCUT2D eigenvalue weighted by molar-refractivity contribution is 0.0600. The van der Waals surface area contributed by atoms with Crippen molar-refractivity contribution in [3.63, 3.8) is 0 Å². The number of carbonyl (C=O) groups excluding carboxylic acids is 1. The van der Waals surface area contributed by atoms with Crippen LogP contribution in [0.15, 0.2) is 48.5 Å². The SMILES string of the molecule is COC(=O)c1cccc(COc2ccc3cc(C(=N)N)sc3c2)c1. The van der Waals surface area contributed by atoms with Crippen LogP contribution in [0.2, 0.25) is 0 Å². The van der Waals surface area contributed by atoms with Crippen LogP contribution in [0.5, 0.6) is 5.75 Å². The summed E-state index contributed by atoms with van der Waals surface area (Å²) in [4.78, 5) is 12.3. The van der Waals surface area contributed by atoms with Crippen molar-refractivity contribution in [2.24, 2.45) is 5.73 Å². The fourth-order valence-electron chi connectivity index (χ4n) is 2.31. The van der Waals surface area contributed by atoms with Gasteiger partial charge in [0, 0.05) is 4.70 Å². The van der Waals surface area contributed by atoms with Gasteiger partial charge in [-0.1, -0.05) is 12.1 Å². The van der Waals surface area contributed by atoms with Crippen LogP contribution in [0.1, 0.15) is 20.8 Å². The lowest BCUT2D eigenvalue weighted by Gasteiger charge is -2.07. The Morgan fingerprint density at radius 1 is 1.21 bits per heavy atom. The zero-order valence-corrected chi connectivity index (χ0v) is 13.9. The van der Waals surface area contributed by atoms with Crippen molar-refractivity contribution < 1.29 is 14.3 Å². The number of rotatable bonds is 5. The first-order chi connectivity index (χ1) is 11.6. The Bertz CT molecular complexity index is 918. The van der Waals surface area contributed by atoms with E-state index in [9.17, 15) is 4.79 Å². The van der Waals surface area contributed by atoms with Gasteiger partial charge in [0.15, 0.2) is 0 Å². The maximum Gasteiger partial charge on any atom is 0.337 e. The first kappa shape index (κ1) is 16.0. The molecule has 3 aromatic rings. The summed E-state index contributed by atoms with van der Waals surface area (Å²) in [5, 5.41) is 8.54. The highest BCUT2D eigenvalue weighted by atomic mass is 32.1. The van der Waals surface area contributed by atoms with Crippen LogP contribution in [-0.4, -0.2) is 18.9 Å². The first-order valence-corrected chi connectivity index (χ1v) is 8.06. The van der Waals surface area contributed by atoms with E-state index in [-0.39, 0.29) is 11.8 Å². The molecule has 0 radical (unpaired) electrons. The van der Waals surface area contributed by atoms with E-state index in [2.05, 4.69) is 0 Å². The van der Waals surface area contributed by atoms with Gasteiger partial charge in [0.05, 0.1) is 17.6 Å². The molecule has 24 heavy (non-hydrogen) atoms. The third kappa shape index (κ3) is 3.38. The molecule has 5 nitrogen and oxygen atoms in total. The van der Waals surface area contributed by atoms with Crippen LogP contribution >= 0.6 is 11.3 Å². The normalized spacial score (nSPS) is 10.5. The predicted molar refractivity (Wildman–Crippen MR) is 95.0 cm³/mol. The van der Waals surface area contributed by atoms with E-state index in [1.54, 1.807) is 18.2 Å². The molecule has 1 heterocycles. The van der Waals surface area contributed by atoms with Gasteiger partial charge in [0.2, 0.25) is 0 Å². The molecule has 0 fully saturated rings. The van der Waals surface area contributed by atoms with Gasteiger partial charge < -0.3 is 15.2 Å². The van der Waals surface area contributed by atoms with Crippen molar-refractivity contribution in [3.8, 4) is 5.75 Å². The molecule has 6 heteroatoms. The zero-order valence-electron chi connectivity index (χ0n) is 13.0. The van der Waals surface area contributed by atoms with Crippen LogP contribution in [-0.2, 0) is 11.3 Å². The number of methoxy groups -OCH3 is 1. The average Bonchev–Trinajstić information content (AvgIpc) is 3.03. The number of fused-ring (bicyclic) bond motifs is 1. The molecule has 0 saturated heterocycles. The number of hydrogen-bond donors (Lipinski definition) is 2. The topological polar surface area (TPSA) is 85.4 Å². The van der Waals surface area contributed by atoms with E-state index in [0.717, 1.165) is 26.3 Å². The summed E-state index contributed by atoms with van der Waals surface area (Å²) in [6, 6.07) is 14.8. The minimum absolute atomic E-state index is 0.0679. The van der Waals surface area contributed by atoms with Gasteiger partial charge >= 0.3 is 5.97 Å². The molecule has 0 spiro atoms. The second-order valence-corrected chi connectivity index (χ2v) is 6.29. The number of esters is 1. The largest absolute Gasteiger partial charge is 0.489 e. The molecule has 122 valence electrons. The van der Waals surface area contributed by atoms with Crippen LogP contribution in [0.25, 0.3) is 10.1 Å². The number of thiophene rings is 1. The first-order valence-electron chi connectivity index (χ1n) is 7.25. The van der Waals surface area contributed by atoms with Crippen LogP contribution in [0.3, 0.4) is 0 Å². The van der Waals surface area contributed by atoms with Crippen molar-refractivity contribution in [2.45, 2.75) is 6.61 Å². The predicted octanol–water partition coefficient (Wildman–Crippen LogP) is 3.55. The minimum Gasteiger partial charge on any atom is -0.489 e. The Kier molecular flexibility index (Phi) is 4.48. The molecule has 3 rings (SSSR count). The van der Waals surface area contributed by atoms with E-state index in [4.69, 9.17) is 20.6 Å². The second-order valence-electron chi connectivity index (χ2n) is 5.20. The van der Waals surface area contributed by atoms with Crippen LogP contribution in [0, 0.1) is 5.41 Å². The number of amidine groups is 1. The standard InChI is InChI=1S/C18H16N2O3S/c1-22-18(21)13-4-2-3-11(7-13)10-23-14-6-5-12-8-16(17(19)20)24-15(12)9-14/h2-9H,10H2,1H3,(H3,19,20). The lowest BCUT2D eigenvalue weighted by atomic mass is 10.1. The van der Waals surface area contributed by atoms with Crippen LogP contribution in [0.4, 0.5) is 0 Å². The Balaban J connectivity index is 1.75. The molecular weight excluding hydrogens is 324 g/mol. The Hall–Kier alpha value is -2.86. The Morgan fingerprint density at radius 3 is 2.79 bits per heavy atom. The summed E-state index contributed by atoms with van der Waals surface area (Å²) in [6.45, 7) is 0.348. The van der Waals surface area contributed by atoms with E-state index in [1.807, 2.05) is 30.3 Å². The fourth-order valence-corrected chi connectivity index (χ4v) is 3.26. The van der Waals surface area contributed by atoms with Crippen molar-refractivity contribution in [2.75, 3.05) is 7.11 Å². The molecule has 0 bridgehead atoms. The van der Waals surface area contributed by atoms with Gasteiger partial charge in [-0.15, -0.1) is 11.3 Å². The number of benzene rings is 2. The average molecular weight is 340 g/mol. The maximum absolute atomic E-state index is 11.6. The molecule has 1 aromatic heterocycles. The highest BCUT2D eigenvalue weighted by molar-refractivity contribution is 7.20. The van der Waals surface area contributed by atoms with E-state index < -0.39 is 0 Å². The summed E-state index contributed by atoms with van der Waals surface area (Å²) >= 11 is 1.46. The minimum atomic E-state index is -0.367. The monoisotopic (exact) mass is 340 g/mol. The molecule has 0 amide bonds. The number of hydrogen-bond acceptors (Lipinski definition) is 5. The van der Waals surface area contributed by atoms with Gasteiger partial charge in [-0.3, -0.25) is 5.41 Å². The van der Waals surface area contributed by atoms with E-state index >= 15 is 0 Å². The lowest BCUT2D eigenvalue weighted by Crippen LogP contribution is -2.08. The molecule has 0 unspecified atom stereocenters. The number of nitrogens with two attached hydrogens (primary N) is 1. The zero-order chi connectivity index (χ0) is 17.1. The highest BCUT2D eigenvalue weighted by Crippen LogP contribution is 2.29. The molecule has 0 atom stereocenters. The fraction of sp³-hybridized carbons (Fsp3) is 0.111. The maximum atomic E-state index is 11.6. The van der Waals surface area contributed by atoms with Crippen molar-refractivity contribution in [1.82, 2.24) is 0 Å². The summed E-state index contributed by atoms with van der Waals surface area (Å²) in [5.74, 6) is 0.426. The molecule has 0 aliphatic carbocycles.